The van der Waals surface area contributed by atoms with Gasteiger partial charge in [0, 0.05) is 5.56 Å². The number of nitrogens with zero attached hydrogens (tertiary/aromatic N) is 3. The normalized spacial score (nSPS) is 16.8. The zero-order chi connectivity index (χ0) is 26.1. The molecule has 3 aromatic carbocycles. The van der Waals surface area contributed by atoms with Crippen molar-refractivity contribution in [2.45, 2.75) is 26.5 Å². The molecule has 2 heterocycles. The summed E-state index contributed by atoms with van der Waals surface area (Å²) in [5.74, 6) is -1.46. The fourth-order valence-electron chi connectivity index (χ4n) is 4.26. The van der Waals surface area contributed by atoms with Gasteiger partial charge in [0.15, 0.2) is 0 Å². The number of benzene rings is 3. The van der Waals surface area contributed by atoms with Crippen molar-refractivity contribution in [3.05, 3.63) is 106 Å². The molecule has 1 aliphatic rings. The molecule has 9 heteroatoms. The van der Waals surface area contributed by atoms with Crippen molar-refractivity contribution < 1.29 is 24.5 Å². The molecule has 4 aromatic rings. The van der Waals surface area contributed by atoms with Gasteiger partial charge in [-0.15, -0.1) is 10.2 Å². The van der Waals surface area contributed by atoms with Crippen molar-refractivity contribution in [1.29, 1.82) is 0 Å². The summed E-state index contributed by atoms with van der Waals surface area (Å²) in [5.41, 5.74) is 2.87. The van der Waals surface area contributed by atoms with E-state index in [4.69, 9.17) is 4.74 Å². The van der Waals surface area contributed by atoms with Gasteiger partial charge in [-0.2, -0.15) is 0 Å². The first-order valence-corrected chi connectivity index (χ1v) is 12.3. The molecule has 0 aliphatic carbocycles. The molecule has 1 aliphatic heterocycles. The predicted octanol–water partition coefficient (Wildman–Crippen LogP) is 5.07. The SMILES string of the molecule is Cc1cccc(COc2ccc(C(O)=C3C(=O)C(=O)N(c4nnc(C)s4)[C@H]3c3cccc(O)c3)cc2)c1. The van der Waals surface area contributed by atoms with Crippen molar-refractivity contribution >= 4 is 33.9 Å². The van der Waals surface area contributed by atoms with E-state index >= 15 is 0 Å². The van der Waals surface area contributed by atoms with Gasteiger partial charge in [-0.3, -0.25) is 14.5 Å². The van der Waals surface area contributed by atoms with Gasteiger partial charge >= 0.3 is 5.91 Å². The maximum Gasteiger partial charge on any atom is 0.301 e. The number of phenols is 1. The number of anilines is 1. The Kier molecular flexibility index (Phi) is 6.45. The van der Waals surface area contributed by atoms with Gasteiger partial charge in [0.1, 0.15) is 28.9 Å². The topological polar surface area (TPSA) is 113 Å². The van der Waals surface area contributed by atoms with E-state index < -0.39 is 17.7 Å². The molecule has 37 heavy (non-hydrogen) atoms. The van der Waals surface area contributed by atoms with Crippen LogP contribution in [-0.4, -0.2) is 32.1 Å². The van der Waals surface area contributed by atoms with Gasteiger partial charge in [-0.25, -0.2) is 0 Å². The monoisotopic (exact) mass is 513 g/mol. The lowest BCUT2D eigenvalue weighted by molar-refractivity contribution is -0.132. The lowest BCUT2D eigenvalue weighted by atomic mass is 9.95. The summed E-state index contributed by atoms with van der Waals surface area (Å²) in [6.07, 6.45) is 0. The number of aromatic nitrogens is 2. The second kappa shape index (κ2) is 9.87. The summed E-state index contributed by atoms with van der Waals surface area (Å²) >= 11 is 1.16. The molecular weight excluding hydrogens is 490 g/mol. The Balaban J connectivity index is 1.50. The summed E-state index contributed by atoms with van der Waals surface area (Å²) < 4.78 is 5.86. The second-order valence-corrected chi connectivity index (χ2v) is 9.83. The van der Waals surface area contributed by atoms with E-state index in [0.717, 1.165) is 22.5 Å². The molecule has 1 aromatic heterocycles. The summed E-state index contributed by atoms with van der Waals surface area (Å²) in [7, 11) is 0. The summed E-state index contributed by atoms with van der Waals surface area (Å²) in [5, 5.41) is 30.2. The maximum absolute atomic E-state index is 13.2. The summed E-state index contributed by atoms with van der Waals surface area (Å²) in [6, 6.07) is 19.9. The number of phenolic OH excluding ortho intramolecular Hbond substituents is 1. The van der Waals surface area contributed by atoms with Crippen LogP contribution < -0.4 is 9.64 Å². The lowest BCUT2D eigenvalue weighted by Gasteiger charge is -2.22. The smallest absolute Gasteiger partial charge is 0.301 e. The van der Waals surface area contributed by atoms with Crippen LogP contribution in [0.4, 0.5) is 5.13 Å². The Morgan fingerprint density at radius 2 is 1.76 bits per heavy atom. The number of Topliss-reactive ketones (excluding diaryl/α,β-unsaturated/α-hetero) is 1. The van der Waals surface area contributed by atoms with Crippen LogP contribution >= 0.6 is 11.3 Å². The Labute approximate surface area is 217 Å². The summed E-state index contributed by atoms with van der Waals surface area (Å²) in [4.78, 5) is 27.5. The Morgan fingerprint density at radius 1 is 1.00 bits per heavy atom. The first kappa shape index (κ1) is 24.2. The van der Waals surface area contributed by atoms with Crippen LogP contribution in [0.1, 0.15) is 33.3 Å². The van der Waals surface area contributed by atoms with Gasteiger partial charge in [-0.05, 0) is 61.4 Å². The number of aliphatic hydroxyl groups is 1. The first-order valence-electron chi connectivity index (χ1n) is 11.5. The third kappa shape index (κ3) is 4.81. The molecule has 1 amide bonds. The molecule has 0 radical (unpaired) electrons. The Hall–Kier alpha value is -4.50. The van der Waals surface area contributed by atoms with Gasteiger partial charge in [0.25, 0.3) is 5.78 Å². The number of rotatable bonds is 6. The summed E-state index contributed by atoms with van der Waals surface area (Å²) in [6.45, 7) is 4.14. The zero-order valence-corrected chi connectivity index (χ0v) is 20.9. The van der Waals surface area contributed by atoms with Crippen molar-refractivity contribution in [2.24, 2.45) is 0 Å². The van der Waals surface area contributed by atoms with Crippen molar-refractivity contribution in [1.82, 2.24) is 10.2 Å². The lowest BCUT2D eigenvalue weighted by Crippen LogP contribution is -2.29. The van der Waals surface area contributed by atoms with Gasteiger partial charge in [-0.1, -0.05) is 53.3 Å². The highest BCUT2D eigenvalue weighted by Crippen LogP contribution is 2.43. The van der Waals surface area contributed by atoms with E-state index in [1.807, 2.05) is 31.2 Å². The zero-order valence-electron chi connectivity index (χ0n) is 20.1. The number of aliphatic hydroxyl groups excluding tert-OH is 1. The van der Waals surface area contributed by atoms with E-state index in [1.54, 1.807) is 43.3 Å². The van der Waals surface area contributed by atoms with E-state index in [1.165, 1.54) is 17.0 Å². The van der Waals surface area contributed by atoms with E-state index in [0.29, 0.717) is 28.5 Å². The van der Waals surface area contributed by atoms with E-state index in [9.17, 15) is 19.8 Å². The van der Waals surface area contributed by atoms with Crippen molar-refractivity contribution in [3.8, 4) is 11.5 Å². The van der Waals surface area contributed by atoms with Crippen LogP contribution in [0.15, 0.2) is 78.4 Å². The third-order valence-electron chi connectivity index (χ3n) is 5.97. The predicted molar refractivity (Wildman–Crippen MR) is 139 cm³/mol. The number of aryl methyl sites for hydroxylation is 2. The fraction of sp³-hybridized carbons (Fsp3) is 0.143. The molecule has 0 spiro atoms. The van der Waals surface area contributed by atoms with Crippen molar-refractivity contribution in [2.75, 3.05) is 4.90 Å². The molecule has 186 valence electrons. The number of amides is 1. The number of carbonyl (C=O) groups is 2. The number of hydrogen-bond acceptors (Lipinski definition) is 8. The van der Waals surface area contributed by atoms with Gasteiger partial charge in [0.05, 0.1) is 11.6 Å². The molecular formula is C28H23N3O5S. The average molecular weight is 514 g/mol. The minimum absolute atomic E-state index is 0.0355. The molecule has 2 N–H and O–H groups in total. The molecule has 8 nitrogen and oxygen atoms in total. The Morgan fingerprint density at radius 3 is 2.43 bits per heavy atom. The van der Waals surface area contributed by atoms with Gasteiger partial charge in [0.2, 0.25) is 5.13 Å². The average Bonchev–Trinajstić information content (AvgIpc) is 3.43. The van der Waals surface area contributed by atoms with E-state index in [2.05, 4.69) is 10.2 Å². The molecule has 0 bridgehead atoms. The minimum atomic E-state index is -0.989. The third-order valence-corrected chi connectivity index (χ3v) is 6.81. The standard InChI is InChI=1S/C28H23N3O5S/c1-16-5-3-6-18(13-16)15-36-22-11-9-19(10-12-22)25(33)23-24(20-7-4-8-21(32)14-20)31(27(35)26(23)34)28-30-29-17(2)37-28/h3-14,24,32-33H,15H2,1-2H3/t24-/m0/s1. The Bertz CT molecular complexity index is 1530. The number of ether oxygens (including phenoxy) is 1. The fourth-order valence-corrected chi connectivity index (χ4v) is 4.97. The van der Waals surface area contributed by atoms with Crippen LogP contribution in [0, 0.1) is 13.8 Å². The van der Waals surface area contributed by atoms with E-state index in [-0.39, 0.29) is 22.2 Å². The molecule has 0 saturated carbocycles. The van der Waals surface area contributed by atoms with Crippen molar-refractivity contribution in [3.63, 3.8) is 0 Å². The van der Waals surface area contributed by atoms with Crippen LogP contribution in [-0.2, 0) is 16.2 Å². The first-order chi connectivity index (χ1) is 17.8. The number of aromatic hydroxyl groups is 1. The number of carbonyl (C=O) groups excluding carboxylic acids is 2. The highest BCUT2D eigenvalue weighted by atomic mass is 32.1. The van der Waals surface area contributed by atoms with Crippen LogP contribution in [0.3, 0.4) is 0 Å². The molecule has 0 unspecified atom stereocenters. The molecule has 1 atom stereocenters. The molecule has 1 saturated heterocycles. The molecule has 5 rings (SSSR count). The van der Waals surface area contributed by atoms with Crippen LogP contribution in [0.25, 0.3) is 5.76 Å². The number of hydrogen-bond donors (Lipinski definition) is 2. The number of ketones is 1. The molecule has 1 fully saturated rings. The highest BCUT2D eigenvalue weighted by Gasteiger charge is 2.48. The quantitative estimate of drug-likeness (QED) is 0.210. The second-order valence-electron chi connectivity index (χ2n) is 8.67. The maximum atomic E-state index is 13.2. The minimum Gasteiger partial charge on any atom is -0.508 e. The largest absolute Gasteiger partial charge is 0.508 e. The highest BCUT2D eigenvalue weighted by molar-refractivity contribution is 7.15. The van der Waals surface area contributed by atoms with Crippen LogP contribution in [0.5, 0.6) is 11.5 Å². The van der Waals surface area contributed by atoms with Gasteiger partial charge < -0.3 is 14.9 Å². The van der Waals surface area contributed by atoms with Crippen LogP contribution in [0.2, 0.25) is 0 Å².